The Morgan fingerprint density at radius 1 is 1.03 bits per heavy atom. The van der Waals surface area contributed by atoms with Gasteiger partial charge in [0, 0.05) is 49.3 Å². The minimum Gasteiger partial charge on any atom is -0.485 e. The van der Waals surface area contributed by atoms with Crippen LogP contribution < -0.4 is 9.47 Å². The van der Waals surface area contributed by atoms with E-state index in [9.17, 15) is 9.59 Å². The third-order valence-corrected chi connectivity index (χ3v) is 6.93. The van der Waals surface area contributed by atoms with Crippen LogP contribution in [-0.4, -0.2) is 75.8 Å². The van der Waals surface area contributed by atoms with Gasteiger partial charge in [-0.3, -0.25) is 14.2 Å². The summed E-state index contributed by atoms with van der Waals surface area (Å²) in [4.78, 5) is 33.6. The molecule has 1 aromatic heterocycles. The molecule has 3 aromatic rings. The Morgan fingerprint density at radius 2 is 1.79 bits per heavy atom. The van der Waals surface area contributed by atoms with Crippen LogP contribution in [0.2, 0.25) is 5.02 Å². The Kier molecular flexibility index (Phi) is 6.64. The zero-order valence-electron chi connectivity index (χ0n) is 18.3. The van der Waals surface area contributed by atoms with Gasteiger partial charge in [-0.1, -0.05) is 41.6 Å². The summed E-state index contributed by atoms with van der Waals surface area (Å²) in [5.41, 5.74) is 0.892. The van der Waals surface area contributed by atoms with E-state index in [4.69, 9.17) is 21.1 Å². The number of nitrogens with zero attached hydrogens (tertiary/aromatic N) is 4. The second kappa shape index (κ2) is 9.99. The highest BCUT2D eigenvalue weighted by Gasteiger charge is 2.33. The first kappa shape index (κ1) is 22.6. The van der Waals surface area contributed by atoms with Crippen molar-refractivity contribution in [2.24, 2.45) is 0 Å². The van der Waals surface area contributed by atoms with Crippen LogP contribution in [0, 0.1) is 0 Å². The maximum atomic E-state index is 12.9. The van der Waals surface area contributed by atoms with E-state index in [1.54, 1.807) is 22.1 Å². The first-order valence-electron chi connectivity index (χ1n) is 11.0. The number of para-hydroxylation sites is 2. The second-order valence-electron chi connectivity index (χ2n) is 7.92. The number of piperazine rings is 1. The summed E-state index contributed by atoms with van der Waals surface area (Å²) in [6.45, 7) is 2.09. The van der Waals surface area contributed by atoms with E-state index in [1.165, 1.54) is 11.8 Å². The average molecular weight is 499 g/mol. The fourth-order valence-electron chi connectivity index (χ4n) is 3.96. The maximum Gasteiger partial charge on any atom is 0.267 e. The van der Waals surface area contributed by atoms with Gasteiger partial charge in [-0.15, -0.1) is 0 Å². The molecule has 0 N–H and O–H groups in total. The number of fused-ring (bicyclic) bond motifs is 1. The molecule has 2 aromatic carbocycles. The zero-order chi connectivity index (χ0) is 23.5. The largest absolute Gasteiger partial charge is 0.485 e. The number of imidazole rings is 1. The molecule has 8 nitrogen and oxygen atoms in total. The number of amides is 2. The predicted molar refractivity (Wildman–Crippen MR) is 129 cm³/mol. The standard InChI is InChI=1S/C24H23ClN4O4S/c25-17-4-3-5-18(14-17)29-9-8-26-24(29)34-16-22(30)27-10-12-28(13-11-27)23(31)21-15-32-19-6-1-2-7-20(19)33-21/h1-9,14,21H,10-13,15-16H2. The molecule has 0 bridgehead atoms. The van der Waals surface area contributed by atoms with Gasteiger partial charge < -0.3 is 19.3 Å². The van der Waals surface area contributed by atoms with Gasteiger partial charge in [0.05, 0.1) is 5.75 Å². The first-order chi connectivity index (χ1) is 16.6. The Hall–Kier alpha value is -3.17. The third kappa shape index (κ3) is 4.85. The SMILES string of the molecule is O=C(CSc1nccn1-c1cccc(Cl)c1)N1CCN(C(=O)C2COc3ccccc3O2)CC1. The number of hydrogen-bond acceptors (Lipinski definition) is 6. The van der Waals surface area contributed by atoms with Crippen LogP contribution in [0.5, 0.6) is 11.5 Å². The van der Waals surface area contributed by atoms with Gasteiger partial charge in [-0.05, 0) is 30.3 Å². The van der Waals surface area contributed by atoms with Crippen LogP contribution >= 0.6 is 23.4 Å². The number of carbonyl (C=O) groups excluding carboxylic acids is 2. The summed E-state index contributed by atoms with van der Waals surface area (Å²) in [5.74, 6) is 1.40. The van der Waals surface area contributed by atoms with E-state index in [0.29, 0.717) is 42.7 Å². The van der Waals surface area contributed by atoms with Crippen LogP contribution in [0.1, 0.15) is 0 Å². The van der Waals surface area contributed by atoms with E-state index in [0.717, 1.165) is 10.8 Å². The minimum absolute atomic E-state index is 0.0175. The van der Waals surface area contributed by atoms with Crippen molar-refractivity contribution in [2.45, 2.75) is 11.3 Å². The molecule has 2 aliphatic rings. The van der Waals surface area contributed by atoms with Crippen LogP contribution in [0.3, 0.4) is 0 Å². The van der Waals surface area contributed by atoms with Crippen LogP contribution in [-0.2, 0) is 9.59 Å². The quantitative estimate of drug-likeness (QED) is 0.503. The number of benzene rings is 2. The monoisotopic (exact) mass is 498 g/mol. The highest BCUT2D eigenvalue weighted by Crippen LogP contribution is 2.31. The number of hydrogen-bond donors (Lipinski definition) is 0. The molecule has 3 heterocycles. The first-order valence-corrected chi connectivity index (χ1v) is 12.3. The number of carbonyl (C=O) groups is 2. The van der Waals surface area contributed by atoms with E-state index in [-0.39, 0.29) is 24.2 Å². The van der Waals surface area contributed by atoms with Crippen LogP contribution in [0.15, 0.2) is 66.1 Å². The highest BCUT2D eigenvalue weighted by atomic mass is 35.5. The fourth-order valence-corrected chi connectivity index (χ4v) is 5.02. The van der Waals surface area contributed by atoms with Crippen molar-refractivity contribution in [3.8, 4) is 17.2 Å². The lowest BCUT2D eigenvalue weighted by molar-refractivity contribution is -0.145. The smallest absolute Gasteiger partial charge is 0.267 e. The Balaban J connectivity index is 1.12. The van der Waals surface area contributed by atoms with Crippen molar-refractivity contribution < 1.29 is 19.1 Å². The van der Waals surface area contributed by atoms with Crippen molar-refractivity contribution in [1.29, 1.82) is 0 Å². The number of aromatic nitrogens is 2. The molecule has 5 rings (SSSR count). The van der Waals surface area contributed by atoms with Crippen LogP contribution in [0.4, 0.5) is 0 Å². The van der Waals surface area contributed by atoms with Crippen molar-refractivity contribution in [3.63, 3.8) is 0 Å². The summed E-state index contributed by atoms with van der Waals surface area (Å²) in [5, 5.41) is 1.36. The average Bonchev–Trinajstić information content (AvgIpc) is 3.35. The fraction of sp³-hybridized carbons (Fsp3) is 0.292. The summed E-state index contributed by atoms with van der Waals surface area (Å²) in [6, 6.07) is 14.8. The van der Waals surface area contributed by atoms with Gasteiger partial charge in [0.1, 0.15) is 6.61 Å². The van der Waals surface area contributed by atoms with Gasteiger partial charge in [-0.2, -0.15) is 0 Å². The number of ether oxygens (including phenoxy) is 2. The summed E-state index contributed by atoms with van der Waals surface area (Å²) >= 11 is 7.48. The molecule has 1 atom stereocenters. The molecule has 2 amide bonds. The summed E-state index contributed by atoms with van der Waals surface area (Å²) in [6.07, 6.45) is 2.88. The molecular formula is C24H23ClN4O4S. The lowest BCUT2D eigenvalue weighted by Gasteiger charge is -2.37. The lowest BCUT2D eigenvalue weighted by Crippen LogP contribution is -2.55. The number of rotatable bonds is 5. The highest BCUT2D eigenvalue weighted by molar-refractivity contribution is 7.99. The van der Waals surface area contributed by atoms with E-state index < -0.39 is 6.10 Å². The van der Waals surface area contributed by atoms with Crippen molar-refractivity contribution in [1.82, 2.24) is 19.4 Å². The van der Waals surface area contributed by atoms with Gasteiger partial charge in [0.2, 0.25) is 12.0 Å². The van der Waals surface area contributed by atoms with Gasteiger partial charge >= 0.3 is 0 Å². The van der Waals surface area contributed by atoms with Crippen molar-refractivity contribution in [2.75, 3.05) is 38.5 Å². The number of halogens is 1. The van der Waals surface area contributed by atoms with E-state index in [2.05, 4.69) is 4.98 Å². The van der Waals surface area contributed by atoms with Gasteiger partial charge in [0.15, 0.2) is 16.7 Å². The minimum atomic E-state index is -0.668. The topological polar surface area (TPSA) is 76.9 Å². The lowest BCUT2D eigenvalue weighted by atomic mass is 10.2. The predicted octanol–water partition coefficient (Wildman–Crippen LogP) is 3.13. The molecular weight excluding hydrogens is 476 g/mol. The van der Waals surface area contributed by atoms with E-state index in [1.807, 2.05) is 53.2 Å². The summed E-state index contributed by atoms with van der Waals surface area (Å²) < 4.78 is 13.4. The Morgan fingerprint density at radius 3 is 2.59 bits per heavy atom. The molecule has 0 radical (unpaired) electrons. The van der Waals surface area contributed by atoms with Crippen molar-refractivity contribution >= 4 is 35.2 Å². The molecule has 0 saturated carbocycles. The second-order valence-corrected chi connectivity index (χ2v) is 9.30. The molecule has 1 unspecified atom stereocenters. The normalized spacial score (nSPS) is 17.5. The van der Waals surface area contributed by atoms with Gasteiger partial charge in [0.25, 0.3) is 5.91 Å². The zero-order valence-corrected chi connectivity index (χ0v) is 19.9. The van der Waals surface area contributed by atoms with Crippen LogP contribution in [0.25, 0.3) is 5.69 Å². The van der Waals surface area contributed by atoms with E-state index >= 15 is 0 Å². The van der Waals surface area contributed by atoms with Gasteiger partial charge in [-0.25, -0.2) is 4.98 Å². The molecule has 176 valence electrons. The molecule has 1 saturated heterocycles. The third-order valence-electron chi connectivity index (χ3n) is 5.75. The Labute approximate surface area is 206 Å². The molecule has 34 heavy (non-hydrogen) atoms. The molecule has 10 heteroatoms. The molecule has 1 fully saturated rings. The summed E-state index contributed by atoms with van der Waals surface area (Å²) in [7, 11) is 0. The molecule has 2 aliphatic heterocycles. The maximum absolute atomic E-state index is 12.9. The van der Waals surface area contributed by atoms with Crippen molar-refractivity contribution in [3.05, 3.63) is 65.9 Å². The molecule has 0 spiro atoms. The number of thioether (sulfide) groups is 1. The molecule has 0 aliphatic carbocycles. The Bertz CT molecular complexity index is 1190.